The molecule has 1 aliphatic heterocycles. The molecule has 5 nitrogen and oxygen atoms in total. The first kappa shape index (κ1) is 17.9. The third kappa shape index (κ3) is 3.39. The number of nitrogens with one attached hydrogen (secondary N) is 1. The molecule has 2 aromatic carbocycles. The van der Waals surface area contributed by atoms with Crippen molar-refractivity contribution in [2.45, 2.75) is 32.7 Å². The number of hydrogen-bond acceptors (Lipinski definition) is 4. The Kier molecular flexibility index (Phi) is 4.79. The van der Waals surface area contributed by atoms with E-state index in [0.717, 1.165) is 53.8 Å². The number of rotatable bonds is 4. The quantitative estimate of drug-likeness (QED) is 0.730. The largest absolute Gasteiger partial charge is 0.495 e. The zero-order valence-electron chi connectivity index (χ0n) is 16.1. The monoisotopic (exact) mass is 366 g/mol. The van der Waals surface area contributed by atoms with Gasteiger partial charge in [0.1, 0.15) is 16.9 Å². The number of fused-ring (bicyclic) bond motifs is 3. The molecule has 1 N–H and O–H groups in total. The third-order valence-corrected chi connectivity index (χ3v) is 5.70. The van der Waals surface area contributed by atoms with E-state index >= 15 is 0 Å². The number of furan rings is 1. The second kappa shape index (κ2) is 7.24. The first-order valence-electron chi connectivity index (χ1n) is 9.61. The Hall–Kier alpha value is -2.53. The Bertz CT molecular complexity index is 970. The number of likely N-dealkylation sites (tertiary alicyclic amines) is 1. The van der Waals surface area contributed by atoms with Crippen LogP contribution in [0.4, 0.5) is 5.69 Å². The second-order valence-corrected chi connectivity index (χ2v) is 7.53. The molecule has 1 aromatic heterocycles. The Morgan fingerprint density at radius 2 is 1.93 bits per heavy atom. The van der Waals surface area contributed by atoms with Gasteiger partial charge in [0.15, 0.2) is 0 Å². The normalized spacial score (nSPS) is 17.3. The summed E-state index contributed by atoms with van der Waals surface area (Å²) in [4.78, 5) is 15.1. The SMILES string of the molecule is COc1cc2c(cc1NC(=O)C(C)N1CCC(C)CC1)oc1ccccc12. The van der Waals surface area contributed by atoms with E-state index < -0.39 is 0 Å². The molecule has 1 aliphatic rings. The van der Waals surface area contributed by atoms with Gasteiger partial charge in [-0.2, -0.15) is 0 Å². The Balaban J connectivity index is 1.60. The molecular formula is C22H26N2O3. The molecule has 0 radical (unpaired) electrons. The number of benzene rings is 2. The van der Waals surface area contributed by atoms with Gasteiger partial charge in [0.2, 0.25) is 5.91 Å². The molecule has 1 saturated heterocycles. The van der Waals surface area contributed by atoms with Gasteiger partial charge in [-0.3, -0.25) is 9.69 Å². The van der Waals surface area contributed by atoms with E-state index in [1.165, 1.54) is 0 Å². The maximum absolute atomic E-state index is 12.8. The summed E-state index contributed by atoms with van der Waals surface area (Å²) in [7, 11) is 1.62. The fourth-order valence-electron chi connectivity index (χ4n) is 3.84. The van der Waals surface area contributed by atoms with E-state index in [4.69, 9.17) is 9.15 Å². The summed E-state index contributed by atoms with van der Waals surface area (Å²) in [5, 5.41) is 5.07. The minimum atomic E-state index is -0.173. The minimum absolute atomic E-state index is 0.0154. The predicted molar refractivity (Wildman–Crippen MR) is 108 cm³/mol. The summed E-state index contributed by atoms with van der Waals surface area (Å²) in [6.45, 7) is 6.18. The smallest absolute Gasteiger partial charge is 0.241 e. The number of ether oxygens (including phenoxy) is 1. The average Bonchev–Trinajstić information content (AvgIpc) is 3.04. The summed E-state index contributed by atoms with van der Waals surface area (Å²) in [5.41, 5.74) is 2.21. The van der Waals surface area contributed by atoms with Crippen LogP contribution in [0, 0.1) is 5.92 Å². The van der Waals surface area contributed by atoms with Gasteiger partial charge >= 0.3 is 0 Å². The fraction of sp³-hybridized carbons (Fsp3) is 0.409. The maximum Gasteiger partial charge on any atom is 0.241 e. The van der Waals surface area contributed by atoms with Gasteiger partial charge in [-0.15, -0.1) is 0 Å². The Morgan fingerprint density at radius 3 is 2.67 bits per heavy atom. The second-order valence-electron chi connectivity index (χ2n) is 7.53. The zero-order valence-corrected chi connectivity index (χ0v) is 16.1. The first-order chi connectivity index (χ1) is 13.1. The number of hydrogen-bond donors (Lipinski definition) is 1. The highest BCUT2D eigenvalue weighted by atomic mass is 16.5. The number of para-hydroxylation sites is 1. The van der Waals surface area contributed by atoms with Crippen molar-refractivity contribution in [3.05, 3.63) is 36.4 Å². The Morgan fingerprint density at radius 1 is 1.19 bits per heavy atom. The summed E-state index contributed by atoms with van der Waals surface area (Å²) in [6.07, 6.45) is 2.29. The summed E-state index contributed by atoms with van der Waals surface area (Å²) >= 11 is 0. The molecule has 2 heterocycles. The molecule has 1 fully saturated rings. The van der Waals surface area contributed by atoms with E-state index in [0.29, 0.717) is 11.4 Å². The third-order valence-electron chi connectivity index (χ3n) is 5.70. The molecule has 0 saturated carbocycles. The molecule has 0 spiro atoms. The molecular weight excluding hydrogens is 340 g/mol. The molecule has 0 bridgehead atoms. The topological polar surface area (TPSA) is 54.7 Å². The van der Waals surface area contributed by atoms with E-state index in [9.17, 15) is 4.79 Å². The van der Waals surface area contributed by atoms with Crippen LogP contribution in [0.5, 0.6) is 5.75 Å². The van der Waals surface area contributed by atoms with Crippen LogP contribution in [-0.4, -0.2) is 37.0 Å². The van der Waals surface area contributed by atoms with Crippen molar-refractivity contribution in [1.82, 2.24) is 4.90 Å². The van der Waals surface area contributed by atoms with Gasteiger partial charge in [-0.05, 0) is 50.9 Å². The van der Waals surface area contributed by atoms with Crippen molar-refractivity contribution in [3.63, 3.8) is 0 Å². The molecule has 1 atom stereocenters. The van der Waals surface area contributed by atoms with E-state index in [1.54, 1.807) is 7.11 Å². The molecule has 142 valence electrons. The fourth-order valence-corrected chi connectivity index (χ4v) is 3.84. The Labute approximate surface area is 159 Å². The van der Waals surface area contributed by atoms with Crippen molar-refractivity contribution < 1.29 is 13.9 Å². The molecule has 27 heavy (non-hydrogen) atoms. The molecule has 0 aliphatic carbocycles. The van der Waals surface area contributed by atoms with Crippen LogP contribution in [0.3, 0.4) is 0 Å². The van der Waals surface area contributed by atoms with Crippen LogP contribution in [0.2, 0.25) is 0 Å². The van der Waals surface area contributed by atoms with Crippen molar-refractivity contribution >= 4 is 33.5 Å². The van der Waals surface area contributed by atoms with Crippen molar-refractivity contribution in [2.24, 2.45) is 5.92 Å². The van der Waals surface area contributed by atoms with Gasteiger partial charge in [0.25, 0.3) is 0 Å². The molecule has 3 aromatic rings. The number of methoxy groups -OCH3 is 1. The van der Waals surface area contributed by atoms with Crippen LogP contribution >= 0.6 is 0 Å². The average molecular weight is 366 g/mol. The van der Waals surface area contributed by atoms with E-state index in [-0.39, 0.29) is 11.9 Å². The van der Waals surface area contributed by atoms with Gasteiger partial charge in [0, 0.05) is 16.8 Å². The molecule has 5 heteroatoms. The minimum Gasteiger partial charge on any atom is -0.495 e. The number of anilines is 1. The lowest BCUT2D eigenvalue weighted by molar-refractivity contribution is -0.121. The summed E-state index contributed by atoms with van der Waals surface area (Å²) in [5.74, 6) is 1.37. The lowest BCUT2D eigenvalue weighted by Crippen LogP contribution is -2.45. The van der Waals surface area contributed by atoms with Crippen LogP contribution in [0.25, 0.3) is 21.9 Å². The highest BCUT2D eigenvalue weighted by Crippen LogP contribution is 2.36. The summed E-state index contributed by atoms with van der Waals surface area (Å²) in [6, 6.07) is 11.5. The van der Waals surface area contributed by atoms with Crippen molar-refractivity contribution in [2.75, 3.05) is 25.5 Å². The number of carbonyl (C=O) groups excluding carboxylic acids is 1. The standard InChI is InChI=1S/C22H26N2O3/c1-14-8-10-24(11-9-14)15(2)22(25)23-18-13-20-17(12-21(18)26-3)16-6-4-5-7-19(16)27-20/h4-7,12-15H,8-11H2,1-3H3,(H,23,25). The predicted octanol–water partition coefficient (Wildman–Crippen LogP) is 4.65. The highest BCUT2D eigenvalue weighted by molar-refractivity contribution is 6.08. The number of amides is 1. The van der Waals surface area contributed by atoms with Crippen LogP contribution < -0.4 is 10.1 Å². The van der Waals surface area contributed by atoms with E-state index in [1.807, 2.05) is 43.3 Å². The number of carbonyl (C=O) groups is 1. The van der Waals surface area contributed by atoms with Crippen LogP contribution in [0.15, 0.2) is 40.8 Å². The van der Waals surface area contributed by atoms with E-state index in [2.05, 4.69) is 17.1 Å². The lowest BCUT2D eigenvalue weighted by Gasteiger charge is -2.34. The van der Waals surface area contributed by atoms with Gasteiger partial charge in [-0.25, -0.2) is 0 Å². The molecule has 1 unspecified atom stereocenters. The summed E-state index contributed by atoms with van der Waals surface area (Å²) < 4.78 is 11.5. The van der Waals surface area contributed by atoms with Crippen LogP contribution in [0.1, 0.15) is 26.7 Å². The van der Waals surface area contributed by atoms with Gasteiger partial charge in [-0.1, -0.05) is 25.1 Å². The molecule has 4 rings (SSSR count). The zero-order chi connectivity index (χ0) is 19.0. The highest BCUT2D eigenvalue weighted by Gasteiger charge is 2.26. The van der Waals surface area contributed by atoms with Crippen molar-refractivity contribution in [1.29, 1.82) is 0 Å². The number of nitrogens with zero attached hydrogens (tertiary/aromatic N) is 1. The lowest BCUT2D eigenvalue weighted by atomic mass is 9.98. The van der Waals surface area contributed by atoms with Crippen molar-refractivity contribution in [3.8, 4) is 5.75 Å². The molecule has 1 amide bonds. The van der Waals surface area contributed by atoms with Crippen LogP contribution in [-0.2, 0) is 4.79 Å². The first-order valence-corrected chi connectivity index (χ1v) is 9.61. The van der Waals surface area contributed by atoms with Gasteiger partial charge < -0.3 is 14.5 Å². The van der Waals surface area contributed by atoms with Gasteiger partial charge in [0.05, 0.1) is 18.8 Å². The maximum atomic E-state index is 12.8. The number of piperidine rings is 1.